The van der Waals surface area contributed by atoms with Gasteiger partial charge in [0, 0.05) is 5.92 Å². The van der Waals surface area contributed by atoms with E-state index in [-0.39, 0.29) is 0 Å². The number of aryl methyl sites for hydroxylation is 3. The number of benzene rings is 2. The van der Waals surface area contributed by atoms with Gasteiger partial charge in [-0.3, -0.25) is 0 Å². The number of fused-ring (bicyclic) bond motifs is 1. The van der Waals surface area contributed by atoms with E-state index in [1.807, 2.05) is 0 Å². The Morgan fingerprint density at radius 2 is 1.61 bits per heavy atom. The van der Waals surface area contributed by atoms with Crippen molar-refractivity contribution in [3.8, 4) is 0 Å². The molecular weight excluding hydrogens is 372 g/mol. The van der Waals surface area contributed by atoms with Crippen LogP contribution in [0.25, 0.3) is 6.08 Å². The first-order valence-electron chi connectivity index (χ1n) is 12.7. The quantitative estimate of drug-likeness (QED) is 0.226. The number of allylic oxidation sites excluding steroid dienone is 2. The summed E-state index contributed by atoms with van der Waals surface area (Å²) < 4.78 is 0. The molecule has 0 amide bonds. The average Bonchev–Trinajstić information content (AvgIpc) is 3.22. The van der Waals surface area contributed by atoms with Gasteiger partial charge in [0.25, 0.3) is 0 Å². The Morgan fingerprint density at radius 1 is 0.871 bits per heavy atom. The van der Waals surface area contributed by atoms with Gasteiger partial charge in [-0.2, -0.15) is 0 Å². The Labute approximate surface area is 191 Å². The first-order valence-corrected chi connectivity index (χ1v) is 12.7. The fourth-order valence-corrected chi connectivity index (χ4v) is 4.88. The topological polar surface area (TPSA) is 0 Å². The predicted octanol–water partition coefficient (Wildman–Crippen LogP) is 9.09. The van der Waals surface area contributed by atoms with E-state index in [4.69, 9.17) is 0 Å². The van der Waals surface area contributed by atoms with Crippen LogP contribution >= 0.6 is 0 Å². The van der Waals surface area contributed by atoms with Crippen LogP contribution in [0.4, 0.5) is 0 Å². The zero-order valence-corrected chi connectivity index (χ0v) is 20.1. The summed E-state index contributed by atoms with van der Waals surface area (Å²) in [5, 5.41) is 0. The highest BCUT2D eigenvalue weighted by Gasteiger charge is 2.24. The molecule has 0 saturated carbocycles. The molecule has 2 aromatic carbocycles. The smallest absolute Gasteiger partial charge is 0.00899 e. The van der Waals surface area contributed by atoms with E-state index in [0.717, 1.165) is 19.3 Å². The van der Waals surface area contributed by atoms with Crippen LogP contribution in [-0.2, 0) is 19.3 Å². The molecule has 0 fully saturated rings. The standard InChI is InChI=1S/C31H42/c1-5-7-8-9-10-11-13-28-18-20-31-29(23-28)19-21-30(31)25(4)24(3)16-17-27-15-12-14-26(6-2)22-27/h12,14-15,18-23,25,30H,3,5-11,13,16-17H2,1-2,4H3. The first-order chi connectivity index (χ1) is 15.1. The van der Waals surface area contributed by atoms with Gasteiger partial charge in [-0.1, -0.05) is 120 Å². The Hall–Kier alpha value is -2.08. The Bertz CT molecular complexity index is 869. The average molecular weight is 415 g/mol. The largest absolute Gasteiger partial charge is 0.0995 e. The number of unbranched alkanes of at least 4 members (excludes halogenated alkanes) is 5. The maximum Gasteiger partial charge on any atom is 0.00899 e. The van der Waals surface area contributed by atoms with E-state index >= 15 is 0 Å². The zero-order valence-electron chi connectivity index (χ0n) is 20.1. The molecule has 0 bridgehead atoms. The molecule has 0 heteroatoms. The van der Waals surface area contributed by atoms with Crippen molar-refractivity contribution in [1.82, 2.24) is 0 Å². The molecule has 0 radical (unpaired) electrons. The maximum absolute atomic E-state index is 4.48. The van der Waals surface area contributed by atoms with Crippen LogP contribution in [0.3, 0.4) is 0 Å². The summed E-state index contributed by atoms with van der Waals surface area (Å²) in [6.45, 7) is 11.4. The molecule has 0 aliphatic heterocycles. The van der Waals surface area contributed by atoms with Gasteiger partial charge in [-0.15, -0.1) is 0 Å². The third-order valence-electron chi connectivity index (χ3n) is 7.13. The molecule has 2 atom stereocenters. The predicted molar refractivity (Wildman–Crippen MR) is 138 cm³/mol. The van der Waals surface area contributed by atoms with E-state index in [0.29, 0.717) is 11.8 Å². The van der Waals surface area contributed by atoms with Crippen molar-refractivity contribution in [3.63, 3.8) is 0 Å². The van der Waals surface area contributed by atoms with Crippen molar-refractivity contribution >= 4 is 6.08 Å². The Kier molecular flexibility index (Phi) is 9.19. The van der Waals surface area contributed by atoms with Crippen LogP contribution < -0.4 is 0 Å². The molecule has 0 nitrogen and oxygen atoms in total. The summed E-state index contributed by atoms with van der Waals surface area (Å²) in [4.78, 5) is 0. The van der Waals surface area contributed by atoms with Crippen molar-refractivity contribution in [1.29, 1.82) is 0 Å². The minimum atomic E-state index is 0.479. The normalized spacial score (nSPS) is 15.8. The second-order valence-electron chi connectivity index (χ2n) is 9.49. The highest BCUT2D eigenvalue weighted by Crippen LogP contribution is 2.39. The van der Waals surface area contributed by atoms with E-state index in [2.05, 4.69) is 82.0 Å². The lowest BCUT2D eigenvalue weighted by molar-refractivity contribution is 0.587. The second-order valence-corrected chi connectivity index (χ2v) is 9.49. The highest BCUT2D eigenvalue weighted by atomic mass is 14.3. The summed E-state index contributed by atoms with van der Waals surface area (Å²) in [6, 6.07) is 16.2. The van der Waals surface area contributed by atoms with Gasteiger partial charge in [0.2, 0.25) is 0 Å². The van der Waals surface area contributed by atoms with Gasteiger partial charge in [-0.25, -0.2) is 0 Å². The van der Waals surface area contributed by atoms with Crippen molar-refractivity contribution in [2.24, 2.45) is 5.92 Å². The van der Waals surface area contributed by atoms with E-state index in [1.54, 1.807) is 0 Å². The Morgan fingerprint density at radius 3 is 2.42 bits per heavy atom. The van der Waals surface area contributed by atoms with Gasteiger partial charge in [0.1, 0.15) is 0 Å². The molecule has 2 unspecified atom stereocenters. The van der Waals surface area contributed by atoms with Crippen LogP contribution in [0.1, 0.15) is 99.5 Å². The van der Waals surface area contributed by atoms with Crippen LogP contribution in [-0.4, -0.2) is 0 Å². The molecule has 0 spiro atoms. The molecule has 1 aliphatic carbocycles. The lowest BCUT2D eigenvalue weighted by Crippen LogP contribution is -2.09. The van der Waals surface area contributed by atoms with Gasteiger partial charge in [0.05, 0.1) is 0 Å². The number of rotatable bonds is 13. The van der Waals surface area contributed by atoms with Crippen molar-refractivity contribution < 1.29 is 0 Å². The van der Waals surface area contributed by atoms with Gasteiger partial charge in [-0.05, 0) is 65.8 Å². The zero-order chi connectivity index (χ0) is 22.1. The van der Waals surface area contributed by atoms with E-state index < -0.39 is 0 Å². The van der Waals surface area contributed by atoms with Crippen LogP contribution in [0.15, 0.2) is 60.7 Å². The van der Waals surface area contributed by atoms with Gasteiger partial charge >= 0.3 is 0 Å². The van der Waals surface area contributed by atoms with Crippen molar-refractivity contribution in [3.05, 3.63) is 88.5 Å². The lowest BCUT2D eigenvalue weighted by Gasteiger charge is -2.22. The molecule has 0 saturated heterocycles. The minimum absolute atomic E-state index is 0.479. The molecule has 31 heavy (non-hydrogen) atoms. The summed E-state index contributed by atoms with van der Waals surface area (Å²) >= 11 is 0. The van der Waals surface area contributed by atoms with E-state index in [1.165, 1.54) is 78.3 Å². The first kappa shape index (κ1) is 23.6. The SMILES string of the molecule is C=C(CCc1cccc(CC)c1)C(C)C1C=Cc2cc(CCCCCCCC)ccc21. The van der Waals surface area contributed by atoms with Gasteiger partial charge in [0.15, 0.2) is 0 Å². The summed E-state index contributed by atoms with van der Waals surface area (Å²) in [6.07, 6.45) is 17.4. The number of hydrogen-bond donors (Lipinski definition) is 0. The van der Waals surface area contributed by atoms with Crippen molar-refractivity contribution in [2.75, 3.05) is 0 Å². The van der Waals surface area contributed by atoms with Crippen LogP contribution in [0.5, 0.6) is 0 Å². The fraction of sp³-hybridized carbons (Fsp3) is 0.484. The molecule has 0 aromatic heterocycles. The van der Waals surface area contributed by atoms with Crippen LogP contribution in [0, 0.1) is 5.92 Å². The van der Waals surface area contributed by atoms with Crippen molar-refractivity contribution in [2.45, 2.75) is 90.9 Å². The third kappa shape index (κ3) is 6.70. The Balaban J connectivity index is 1.51. The molecule has 3 rings (SSSR count). The minimum Gasteiger partial charge on any atom is -0.0995 e. The van der Waals surface area contributed by atoms with E-state index in [9.17, 15) is 0 Å². The lowest BCUT2D eigenvalue weighted by atomic mass is 9.82. The molecular formula is C31H42. The highest BCUT2D eigenvalue weighted by molar-refractivity contribution is 5.64. The molecule has 166 valence electrons. The molecule has 0 N–H and O–H groups in total. The molecule has 2 aromatic rings. The fourth-order valence-electron chi connectivity index (χ4n) is 4.88. The molecule has 1 aliphatic rings. The van der Waals surface area contributed by atoms with Gasteiger partial charge < -0.3 is 0 Å². The monoisotopic (exact) mass is 414 g/mol. The summed E-state index contributed by atoms with van der Waals surface area (Å²) in [5.74, 6) is 0.962. The summed E-state index contributed by atoms with van der Waals surface area (Å²) in [7, 11) is 0. The third-order valence-corrected chi connectivity index (χ3v) is 7.13. The number of hydrogen-bond acceptors (Lipinski definition) is 0. The second kappa shape index (κ2) is 12.1. The van der Waals surface area contributed by atoms with Crippen LogP contribution in [0.2, 0.25) is 0 Å². The maximum atomic E-state index is 4.48. The molecule has 0 heterocycles. The summed E-state index contributed by atoms with van der Waals surface area (Å²) in [5.41, 5.74) is 8.68.